The molecule has 0 aliphatic heterocycles. The predicted octanol–water partition coefficient (Wildman–Crippen LogP) is 2.21. The summed E-state index contributed by atoms with van der Waals surface area (Å²) in [7, 11) is -3.59. The summed E-state index contributed by atoms with van der Waals surface area (Å²) >= 11 is 3.20. The second kappa shape index (κ2) is 5.90. The summed E-state index contributed by atoms with van der Waals surface area (Å²) in [5, 5.41) is 0. The number of sulfonamides is 1. The summed E-state index contributed by atoms with van der Waals surface area (Å²) in [6, 6.07) is 6.92. The number of nitrogens with two attached hydrogens (primary N) is 1. The Hall–Kier alpha value is -1.44. The molecule has 2 aromatic rings. The molecule has 3 N–H and O–H groups in total. The third kappa shape index (κ3) is 3.36. The fourth-order valence-corrected chi connectivity index (χ4v) is 3.20. The molecule has 20 heavy (non-hydrogen) atoms. The van der Waals surface area contributed by atoms with Crippen molar-refractivity contribution >= 4 is 31.6 Å². The first-order chi connectivity index (χ1) is 9.40. The van der Waals surface area contributed by atoms with Crippen molar-refractivity contribution in [3.05, 3.63) is 52.3 Å². The van der Waals surface area contributed by atoms with Crippen LogP contribution in [-0.2, 0) is 16.6 Å². The van der Waals surface area contributed by atoms with Gasteiger partial charge in [0.15, 0.2) is 0 Å². The van der Waals surface area contributed by atoms with Crippen LogP contribution in [0.4, 0.5) is 5.69 Å². The topological polar surface area (TPSA) is 85.1 Å². The second-order valence-electron chi connectivity index (χ2n) is 4.29. The van der Waals surface area contributed by atoms with Crippen LogP contribution in [0, 0.1) is 6.92 Å². The third-order valence-electron chi connectivity index (χ3n) is 2.93. The maximum atomic E-state index is 12.2. The van der Waals surface area contributed by atoms with E-state index in [1.807, 2.05) is 13.0 Å². The Labute approximate surface area is 126 Å². The molecule has 2 rings (SSSR count). The van der Waals surface area contributed by atoms with Crippen molar-refractivity contribution in [3.8, 4) is 0 Å². The molecular weight excluding hydrogens is 342 g/mol. The minimum absolute atomic E-state index is 0.119. The van der Waals surface area contributed by atoms with Crippen molar-refractivity contribution in [3.63, 3.8) is 0 Å². The van der Waals surface area contributed by atoms with Gasteiger partial charge in [0.2, 0.25) is 10.0 Å². The maximum absolute atomic E-state index is 12.2. The van der Waals surface area contributed by atoms with Gasteiger partial charge in [-0.15, -0.1) is 0 Å². The molecule has 106 valence electrons. The molecule has 5 nitrogen and oxygen atoms in total. The first-order valence-electron chi connectivity index (χ1n) is 5.84. The van der Waals surface area contributed by atoms with Crippen LogP contribution in [0.3, 0.4) is 0 Å². The van der Waals surface area contributed by atoms with Crippen molar-refractivity contribution in [2.24, 2.45) is 0 Å². The van der Waals surface area contributed by atoms with E-state index in [1.165, 1.54) is 18.5 Å². The highest BCUT2D eigenvalue weighted by Crippen LogP contribution is 2.17. The Kier molecular flexibility index (Phi) is 4.42. The van der Waals surface area contributed by atoms with Gasteiger partial charge in [-0.1, -0.05) is 12.1 Å². The molecule has 0 saturated carbocycles. The monoisotopic (exact) mass is 355 g/mol. The number of anilines is 1. The van der Waals surface area contributed by atoms with E-state index >= 15 is 0 Å². The first-order valence-corrected chi connectivity index (χ1v) is 8.12. The lowest BCUT2D eigenvalue weighted by molar-refractivity contribution is 0.580. The summed E-state index contributed by atoms with van der Waals surface area (Å²) in [5.74, 6) is 0. The molecule has 1 aromatic heterocycles. The highest BCUT2D eigenvalue weighted by Gasteiger charge is 2.15. The van der Waals surface area contributed by atoms with Crippen molar-refractivity contribution in [2.45, 2.75) is 18.4 Å². The van der Waals surface area contributed by atoms with Gasteiger partial charge in [0.05, 0.1) is 0 Å². The Morgan fingerprint density at radius 2 is 2.10 bits per heavy atom. The lowest BCUT2D eigenvalue weighted by Gasteiger charge is -2.10. The van der Waals surface area contributed by atoms with Gasteiger partial charge in [-0.25, -0.2) is 13.1 Å². The Morgan fingerprint density at radius 1 is 1.35 bits per heavy atom. The molecule has 1 aromatic carbocycles. The van der Waals surface area contributed by atoms with Gasteiger partial charge < -0.3 is 5.73 Å². The number of hydrogen-bond acceptors (Lipinski definition) is 4. The molecule has 0 radical (unpaired) electrons. The zero-order valence-corrected chi connectivity index (χ0v) is 13.2. The van der Waals surface area contributed by atoms with Crippen LogP contribution in [0.15, 0.2) is 46.0 Å². The number of nitrogens with one attached hydrogen (secondary N) is 1. The third-order valence-corrected chi connectivity index (χ3v) is 4.73. The number of hydrogen-bond donors (Lipinski definition) is 2. The van der Waals surface area contributed by atoms with Gasteiger partial charge in [0.1, 0.15) is 4.90 Å². The van der Waals surface area contributed by atoms with Crippen LogP contribution in [0.1, 0.15) is 11.1 Å². The molecule has 0 saturated heterocycles. The molecule has 7 heteroatoms. The molecule has 0 aliphatic carbocycles. The minimum Gasteiger partial charge on any atom is -0.399 e. The van der Waals surface area contributed by atoms with E-state index in [9.17, 15) is 8.42 Å². The number of aromatic nitrogens is 1. The summed E-state index contributed by atoms with van der Waals surface area (Å²) < 4.78 is 27.5. The van der Waals surface area contributed by atoms with Gasteiger partial charge in [-0.05, 0) is 46.1 Å². The first kappa shape index (κ1) is 15.0. The van der Waals surface area contributed by atoms with Crippen LogP contribution in [-0.4, -0.2) is 13.4 Å². The van der Waals surface area contributed by atoms with Crippen LogP contribution in [0.2, 0.25) is 0 Å². The van der Waals surface area contributed by atoms with Crippen LogP contribution < -0.4 is 10.5 Å². The van der Waals surface area contributed by atoms with Crippen LogP contribution in [0.25, 0.3) is 0 Å². The number of nitrogens with zero attached hydrogens (tertiary/aromatic N) is 1. The van der Waals surface area contributed by atoms with E-state index in [0.29, 0.717) is 10.2 Å². The minimum atomic E-state index is -3.59. The lowest BCUT2D eigenvalue weighted by atomic mass is 10.1. The molecular formula is C13H14BrN3O2S. The average molecular weight is 356 g/mol. The van der Waals surface area contributed by atoms with Gasteiger partial charge in [-0.3, -0.25) is 4.98 Å². The standard InChI is InChI=1S/C13H14BrN3O2S/c1-9-10(3-2-4-13(9)15)6-17-20(18,19)12-5-11(14)7-16-8-12/h2-5,7-8,17H,6,15H2,1H3. The Bertz CT molecular complexity index is 732. The summed E-state index contributed by atoms with van der Waals surface area (Å²) in [6.07, 6.45) is 2.83. The predicted molar refractivity (Wildman–Crippen MR) is 81.6 cm³/mol. The zero-order chi connectivity index (χ0) is 14.8. The highest BCUT2D eigenvalue weighted by molar-refractivity contribution is 9.10. The molecule has 0 bridgehead atoms. The molecule has 0 spiro atoms. The summed E-state index contributed by atoms with van der Waals surface area (Å²) in [4.78, 5) is 3.97. The number of nitrogen functional groups attached to an aromatic ring is 1. The number of pyridine rings is 1. The van der Waals surface area contributed by atoms with Crippen molar-refractivity contribution < 1.29 is 8.42 Å². The van der Waals surface area contributed by atoms with Crippen LogP contribution in [0.5, 0.6) is 0 Å². The molecule has 0 atom stereocenters. The van der Waals surface area contributed by atoms with Gasteiger partial charge in [0.25, 0.3) is 0 Å². The molecule has 0 fully saturated rings. The van der Waals surface area contributed by atoms with Gasteiger partial charge in [0, 0.05) is 29.1 Å². The van der Waals surface area contributed by atoms with E-state index in [0.717, 1.165) is 11.1 Å². The number of halogens is 1. The quantitative estimate of drug-likeness (QED) is 0.823. The second-order valence-corrected chi connectivity index (χ2v) is 6.98. The van der Waals surface area contributed by atoms with E-state index in [1.54, 1.807) is 12.1 Å². The SMILES string of the molecule is Cc1c(N)cccc1CNS(=O)(=O)c1cncc(Br)c1. The Morgan fingerprint density at radius 3 is 2.80 bits per heavy atom. The molecule has 0 aliphatic rings. The molecule has 0 amide bonds. The van der Waals surface area contributed by atoms with E-state index in [-0.39, 0.29) is 11.4 Å². The van der Waals surface area contributed by atoms with E-state index in [2.05, 4.69) is 25.6 Å². The maximum Gasteiger partial charge on any atom is 0.242 e. The summed E-state index contributed by atoms with van der Waals surface area (Å²) in [5.41, 5.74) is 8.16. The van der Waals surface area contributed by atoms with E-state index < -0.39 is 10.0 Å². The van der Waals surface area contributed by atoms with Gasteiger partial charge in [-0.2, -0.15) is 0 Å². The van der Waals surface area contributed by atoms with Crippen molar-refractivity contribution in [1.29, 1.82) is 0 Å². The smallest absolute Gasteiger partial charge is 0.242 e. The van der Waals surface area contributed by atoms with E-state index in [4.69, 9.17) is 5.73 Å². The summed E-state index contributed by atoms with van der Waals surface area (Å²) in [6.45, 7) is 2.05. The lowest BCUT2D eigenvalue weighted by Crippen LogP contribution is -2.24. The average Bonchev–Trinajstić information content (AvgIpc) is 2.40. The van der Waals surface area contributed by atoms with Gasteiger partial charge >= 0.3 is 0 Å². The molecule has 0 unspecified atom stereocenters. The highest BCUT2D eigenvalue weighted by atomic mass is 79.9. The van der Waals surface area contributed by atoms with Crippen LogP contribution >= 0.6 is 15.9 Å². The van der Waals surface area contributed by atoms with Crippen molar-refractivity contribution in [1.82, 2.24) is 9.71 Å². The Balaban J connectivity index is 2.20. The number of benzene rings is 1. The zero-order valence-electron chi connectivity index (χ0n) is 10.8. The molecule has 1 heterocycles. The number of rotatable bonds is 4. The van der Waals surface area contributed by atoms with Crippen molar-refractivity contribution in [2.75, 3.05) is 5.73 Å². The largest absolute Gasteiger partial charge is 0.399 e. The normalized spacial score (nSPS) is 11.5. The fourth-order valence-electron chi connectivity index (χ4n) is 1.69. The fraction of sp³-hybridized carbons (Fsp3) is 0.154.